The molecule has 0 radical (unpaired) electrons. The van der Waals surface area contributed by atoms with Gasteiger partial charge in [-0.2, -0.15) is 0 Å². The molecule has 6 unspecified atom stereocenters. The van der Waals surface area contributed by atoms with Gasteiger partial charge in [0.25, 0.3) is 0 Å². The zero-order valence-corrected chi connectivity index (χ0v) is 39.0. The quantitative estimate of drug-likeness (QED) is 0.267. The summed E-state index contributed by atoms with van der Waals surface area (Å²) in [6, 6.07) is 15.3. The summed E-state index contributed by atoms with van der Waals surface area (Å²) in [4.78, 5) is 0. The third-order valence-electron chi connectivity index (χ3n) is 12.1. The Bertz CT molecular complexity index is 1100. The van der Waals surface area contributed by atoms with E-state index in [4.69, 9.17) is 18.9 Å². The molecule has 0 aromatic heterocycles. The predicted octanol–water partition coefficient (Wildman–Crippen LogP) is 14.5. The summed E-state index contributed by atoms with van der Waals surface area (Å²) >= 11 is 0. The highest BCUT2D eigenvalue weighted by molar-refractivity contribution is 5.34. The topological polar surface area (TPSA) is 36.9 Å². The zero-order chi connectivity index (χ0) is 41.5. The summed E-state index contributed by atoms with van der Waals surface area (Å²) in [5.41, 5.74) is 7.22. The smallest absolute Gasteiger partial charge is 0.154 e. The summed E-state index contributed by atoms with van der Waals surface area (Å²) in [6.07, 6.45) is 21.0. The maximum Gasteiger partial charge on any atom is 0.154 e. The molecule has 3 aliphatic heterocycles. The molecule has 322 valence electrons. The summed E-state index contributed by atoms with van der Waals surface area (Å²) in [5, 5.41) is 0. The lowest BCUT2D eigenvalue weighted by Gasteiger charge is -2.24. The van der Waals surface area contributed by atoms with Crippen LogP contribution in [0.1, 0.15) is 174 Å². The van der Waals surface area contributed by atoms with Crippen LogP contribution in [0.15, 0.2) is 42.5 Å². The second kappa shape index (κ2) is 28.7. The van der Waals surface area contributed by atoms with E-state index in [-0.39, 0.29) is 6.29 Å². The highest BCUT2D eigenvalue weighted by Gasteiger charge is 2.18. The minimum atomic E-state index is 0.0196. The molecule has 5 fully saturated rings. The van der Waals surface area contributed by atoms with E-state index in [1.807, 2.05) is 6.92 Å². The summed E-state index contributed by atoms with van der Waals surface area (Å²) in [6.45, 7) is 31.1. The molecule has 2 aromatic rings. The Morgan fingerprint density at radius 1 is 0.393 bits per heavy atom. The van der Waals surface area contributed by atoms with Crippen LogP contribution in [-0.2, 0) is 31.8 Å². The second-order valence-electron chi connectivity index (χ2n) is 19.2. The molecule has 8 rings (SSSR count). The molecular weight excluding hydrogens is 689 g/mol. The van der Waals surface area contributed by atoms with Crippen molar-refractivity contribution in [2.45, 2.75) is 205 Å². The maximum atomic E-state index is 5.39. The van der Waals surface area contributed by atoms with Crippen LogP contribution in [0.2, 0.25) is 0 Å². The monoisotopic (exact) mass is 779 g/mol. The zero-order valence-electron chi connectivity index (χ0n) is 39.0. The Labute approximate surface area is 348 Å². The third-order valence-corrected chi connectivity index (χ3v) is 12.1. The first-order valence-electron chi connectivity index (χ1n) is 23.2. The summed E-state index contributed by atoms with van der Waals surface area (Å²) < 4.78 is 21.1. The van der Waals surface area contributed by atoms with Crippen molar-refractivity contribution >= 4 is 0 Å². The van der Waals surface area contributed by atoms with Gasteiger partial charge in [-0.3, -0.25) is 0 Å². The van der Waals surface area contributed by atoms with Crippen molar-refractivity contribution in [3.8, 4) is 0 Å². The first-order chi connectivity index (χ1) is 26.6. The van der Waals surface area contributed by atoms with E-state index in [1.54, 1.807) is 11.1 Å². The van der Waals surface area contributed by atoms with Gasteiger partial charge in [0.15, 0.2) is 6.29 Å². The van der Waals surface area contributed by atoms with Gasteiger partial charge < -0.3 is 18.9 Å². The van der Waals surface area contributed by atoms with Crippen LogP contribution in [0.4, 0.5) is 0 Å². The molecule has 4 heteroatoms. The molecule has 3 saturated heterocycles. The molecule has 6 aliphatic rings. The molecule has 4 nitrogen and oxygen atoms in total. The molecule has 2 aromatic carbocycles. The van der Waals surface area contributed by atoms with E-state index < -0.39 is 0 Å². The Balaban J connectivity index is 0.000000226. The highest BCUT2D eigenvalue weighted by Crippen LogP contribution is 2.29. The molecule has 0 N–H and O–H groups in total. The molecule has 0 amide bonds. The minimum Gasteiger partial charge on any atom is -0.378 e. The van der Waals surface area contributed by atoms with Crippen LogP contribution in [0.3, 0.4) is 0 Å². The van der Waals surface area contributed by atoms with E-state index >= 15 is 0 Å². The number of benzene rings is 2. The largest absolute Gasteiger partial charge is 0.378 e. The molecule has 3 aliphatic carbocycles. The Morgan fingerprint density at radius 2 is 0.804 bits per heavy atom. The first-order valence-corrected chi connectivity index (χ1v) is 23.2. The van der Waals surface area contributed by atoms with Crippen LogP contribution in [0.5, 0.6) is 0 Å². The van der Waals surface area contributed by atoms with Crippen LogP contribution in [-0.4, -0.2) is 44.4 Å². The van der Waals surface area contributed by atoms with Gasteiger partial charge in [-0.05, 0) is 141 Å². The van der Waals surface area contributed by atoms with Gasteiger partial charge in [-0.1, -0.05) is 139 Å². The Hall–Kier alpha value is -1.72. The van der Waals surface area contributed by atoms with E-state index in [2.05, 4.69) is 126 Å². The van der Waals surface area contributed by atoms with Crippen molar-refractivity contribution in [3.05, 3.63) is 70.3 Å². The number of ether oxygens (including phenoxy) is 4. The highest BCUT2D eigenvalue weighted by atomic mass is 16.7. The van der Waals surface area contributed by atoms with Crippen LogP contribution in [0, 0.1) is 56.3 Å². The minimum absolute atomic E-state index is 0.0196. The lowest BCUT2D eigenvalue weighted by molar-refractivity contribution is -0.187. The molecular formula is C52H90O4. The molecule has 2 saturated carbocycles. The summed E-state index contributed by atoms with van der Waals surface area (Å²) in [5.74, 6) is 5.46. The Kier molecular flexibility index (Phi) is 25.8. The lowest BCUT2D eigenvalue weighted by Crippen LogP contribution is -2.27. The van der Waals surface area contributed by atoms with Crippen LogP contribution in [0.25, 0.3) is 0 Å². The molecule has 6 atom stereocenters. The van der Waals surface area contributed by atoms with Gasteiger partial charge in [0.1, 0.15) is 0 Å². The average molecular weight is 779 g/mol. The number of aryl methyl sites for hydroxylation is 5. The molecule has 0 bridgehead atoms. The standard InChI is InChI=1S/C10H12.C8H16.C8H10.C7H14O.C7H14.C6H12O2.C6H12O/c1-8-5-6-9-3-2-4-10(9)7-8;2*1-7-3-5-8(2)6-4-7;1-6-3-4-7(2)8-5-6;1-6-3-4-7(2)5-6;1-5-3-7-6(2)8-4-5;1-5-3-4-6(2)7-5/h5-7H,2-4H2,1H3;7-8H,3-6H2,1-2H3;3-6H,1-2H3;6-7H,3-5H2,1-2H3;6-7H,3-5H2,1-2H3;5-6H,3-4H2,1-2H3;5-6H,3-4H2,1-2H3. The van der Waals surface area contributed by atoms with Gasteiger partial charge in [-0.15, -0.1) is 0 Å². The molecule has 3 heterocycles. The third kappa shape index (κ3) is 24.3. The van der Waals surface area contributed by atoms with Gasteiger partial charge in [0.2, 0.25) is 0 Å². The van der Waals surface area contributed by atoms with Crippen LogP contribution >= 0.6 is 0 Å². The van der Waals surface area contributed by atoms with Crippen molar-refractivity contribution in [2.24, 2.45) is 35.5 Å². The van der Waals surface area contributed by atoms with E-state index in [1.165, 1.54) is 107 Å². The second-order valence-corrected chi connectivity index (χ2v) is 19.2. The van der Waals surface area contributed by atoms with Crippen molar-refractivity contribution in [2.75, 3.05) is 19.8 Å². The SMILES string of the molecule is CC1CCC(C)C1.CC1CCC(C)CC1.CC1CCC(C)O1.CC1CCC(C)OC1.CC1COC(C)OC1.Cc1ccc(C)cc1.Cc1ccc2c(c1)CCC2. The fourth-order valence-corrected chi connectivity index (χ4v) is 7.97. The van der Waals surface area contributed by atoms with E-state index in [9.17, 15) is 0 Å². The normalized spacial score (nSPS) is 31.6. The van der Waals surface area contributed by atoms with Gasteiger partial charge in [-0.25, -0.2) is 0 Å². The maximum absolute atomic E-state index is 5.39. The first kappa shape index (κ1) is 50.4. The van der Waals surface area contributed by atoms with Crippen LogP contribution < -0.4 is 0 Å². The number of rotatable bonds is 0. The average Bonchev–Trinajstić information content (AvgIpc) is 3.91. The van der Waals surface area contributed by atoms with E-state index in [0.717, 1.165) is 49.4 Å². The molecule has 0 spiro atoms. The van der Waals surface area contributed by atoms with Gasteiger partial charge in [0.05, 0.1) is 31.5 Å². The van der Waals surface area contributed by atoms with Crippen molar-refractivity contribution in [3.63, 3.8) is 0 Å². The van der Waals surface area contributed by atoms with E-state index in [0.29, 0.717) is 24.2 Å². The number of fused-ring (bicyclic) bond motifs is 1. The fourth-order valence-electron chi connectivity index (χ4n) is 7.97. The van der Waals surface area contributed by atoms with Crippen molar-refractivity contribution < 1.29 is 18.9 Å². The lowest BCUT2D eigenvalue weighted by atomic mass is 9.84. The Morgan fingerprint density at radius 3 is 1.18 bits per heavy atom. The van der Waals surface area contributed by atoms with Crippen molar-refractivity contribution in [1.82, 2.24) is 0 Å². The van der Waals surface area contributed by atoms with Gasteiger partial charge >= 0.3 is 0 Å². The number of hydrogen-bond acceptors (Lipinski definition) is 4. The van der Waals surface area contributed by atoms with Crippen molar-refractivity contribution in [1.29, 1.82) is 0 Å². The van der Waals surface area contributed by atoms with Gasteiger partial charge in [0, 0.05) is 12.5 Å². The fraction of sp³-hybridized carbons (Fsp3) is 0.769. The molecule has 56 heavy (non-hydrogen) atoms. The predicted molar refractivity (Wildman–Crippen MR) is 242 cm³/mol. The summed E-state index contributed by atoms with van der Waals surface area (Å²) in [7, 11) is 0. The number of hydrogen-bond donors (Lipinski definition) is 0.